The number of rotatable bonds is 11. The maximum Gasteiger partial charge on any atom is 0.184 e. The van der Waals surface area contributed by atoms with Crippen LogP contribution in [0.4, 0.5) is 13.2 Å². The van der Waals surface area contributed by atoms with Crippen LogP contribution in [0.1, 0.15) is 29.4 Å². The molecule has 2 heterocycles. The Kier molecular flexibility index (Phi) is 8.58. The Morgan fingerprint density at radius 2 is 1.77 bits per heavy atom. The lowest BCUT2D eigenvalue weighted by Crippen LogP contribution is -2.22. The Bertz CT molecular complexity index is 2020. The molecule has 0 aliphatic rings. The van der Waals surface area contributed by atoms with Crippen LogP contribution in [-0.2, 0) is 34.1 Å². The highest BCUT2D eigenvalue weighted by Gasteiger charge is 2.28. The summed E-state index contributed by atoms with van der Waals surface area (Å²) in [4.78, 5) is 16.7. The molecule has 0 unspecified atom stereocenters. The first-order chi connectivity index (χ1) is 20.7. The van der Waals surface area contributed by atoms with Crippen molar-refractivity contribution in [3.63, 3.8) is 0 Å². The van der Waals surface area contributed by atoms with Crippen molar-refractivity contribution in [2.24, 2.45) is 7.05 Å². The van der Waals surface area contributed by atoms with Crippen molar-refractivity contribution in [1.29, 1.82) is 0 Å². The number of benzene rings is 3. The molecule has 0 saturated heterocycles. The fourth-order valence-corrected chi connectivity index (χ4v) is 7.32. The smallest absolute Gasteiger partial charge is 0.184 e. The maximum absolute atomic E-state index is 16.3. The predicted octanol–water partition coefficient (Wildman–Crippen LogP) is 6.89. The van der Waals surface area contributed by atoms with Gasteiger partial charge in [0.15, 0.2) is 21.4 Å². The second-order valence-corrected chi connectivity index (χ2v) is 19.5. The number of carbonyl (C=O) groups excluding carboxylic acids is 1. The van der Waals surface area contributed by atoms with Gasteiger partial charge < -0.3 is 9.30 Å². The lowest BCUT2D eigenvalue weighted by Gasteiger charge is -2.16. The number of aryl methyl sites for hydroxylation is 1. The van der Waals surface area contributed by atoms with Crippen LogP contribution in [-0.4, -0.2) is 48.2 Å². The second kappa shape index (κ2) is 11.9. The summed E-state index contributed by atoms with van der Waals surface area (Å²) in [5, 5.41) is 4.49. The number of carbonyl (C=O) groups is 1. The van der Waals surface area contributed by atoms with E-state index in [1.54, 1.807) is 30.7 Å². The number of hydrogen-bond donors (Lipinski definition) is 0. The van der Waals surface area contributed by atoms with Gasteiger partial charge in [0.05, 0.1) is 28.1 Å². The average molecular weight is 643 g/mol. The van der Waals surface area contributed by atoms with Crippen molar-refractivity contribution in [3.05, 3.63) is 77.5 Å². The second-order valence-electron chi connectivity index (χ2n) is 11.9. The Hall–Kier alpha value is -3.81. The minimum atomic E-state index is -4.14. The van der Waals surface area contributed by atoms with Gasteiger partial charge >= 0.3 is 0 Å². The monoisotopic (exact) mass is 642 g/mol. The van der Waals surface area contributed by atoms with Crippen LogP contribution >= 0.6 is 0 Å². The van der Waals surface area contributed by atoms with Crippen LogP contribution in [0.25, 0.3) is 33.1 Å². The van der Waals surface area contributed by atoms with Crippen molar-refractivity contribution in [3.8, 4) is 11.1 Å². The molecule has 3 aromatic carbocycles. The number of hydrogen-bond acceptors (Lipinski definition) is 6. The van der Waals surface area contributed by atoms with Gasteiger partial charge in [0, 0.05) is 44.7 Å². The predicted molar refractivity (Wildman–Crippen MR) is 165 cm³/mol. The minimum absolute atomic E-state index is 0.0335. The summed E-state index contributed by atoms with van der Waals surface area (Å²) >= 11 is 0. The van der Waals surface area contributed by atoms with E-state index in [1.807, 2.05) is 0 Å². The zero-order chi connectivity index (χ0) is 32.0. The zero-order valence-corrected chi connectivity index (χ0v) is 26.9. The van der Waals surface area contributed by atoms with E-state index < -0.39 is 52.2 Å². The van der Waals surface area contributed by atoms with E-state index in [9.17, 15) is 13.2 Å². The Morgan fingerprint density at radius 1 is 1.02 bits per heavy atom. The number of ketones is 1. The molecule has 0 saturated carbocycles. The molecular weight excluding hydrogens is 610 g/mol. The normalized spacial score (nSPS) is 12.5. The number of aromatic nitrogens is 4. The maximum atomic E-state index is 16.3. The van der Waals surface area contributed by atoms with Crippen molar-refractivity contribution < 1.29 is 31.1 Å². The van der Waals surface area contributed by atoms with Gasteiger partial charge in [0.25, 0.3) is 0 Å². The highest BCUT2D eigenvalue weighted by molar-refractivity contribution is 7.90. The van der Waals surface area contributed by atoms with Crippen LogP contribution in [0.5, 0.6) is 0 Å². The topological polar surface area (TPSA) is 96.1 Å². The number of sulfone groups is 1. The van der Waals surface area contributed by atoms with Crippen molar-refractivity contribution >= 4 is 45.6 Å². The first kappa shape index (κ1) is 31.6. The molecule has 0 spiro atoms. The molecule has 5 aromatic rings. The summed E-state index contributed by atoms with van der Waals surface area (Å²) in [6.45, 7) is 8.45. The van der Waals surface area contributed by atoms with Gasteiger partial charge in [-0.05, 0) is 30.3 Å². The number of imidazole rings is 1. The third-order valence-corrected chi connectivity index (χ3v) is 10.9. The highest BCUT2D eigenvalue weighted by Crippen LogP contribution is 2.36. The molecular formula is C31H33F3N4O4SSi. The van der Waals surface area contributed by atoms with Gasteiger partial charge in [-0.3, -0.25) is 4.79 Å². The molecule has 0 fully saturated rings. The number of halogens is 3. The molecule has 0 radical (unpaired) electrons. The van der Waals surface area contributed by atoms with Gasteiger partial charge in [-0.1, -0.05) is 44.8 Å². The Labute approximate surface area is 254 Å². The molecule has 44 heavy (non-hydrogen) atoms. The van der Waals surface area contributed by atoms with Crippen LogP contribution < -0.4 is 0 Å². The molecule has 0 aliphatic carbocycles. The molecule has 0 bridgehead atoms. The fourth-order valence-electron chi connectivity index (χ4n) is 5.04. The molecule has 0 amide bonds. The van der Waals surface area contributed by atoms with Gasteiger partial charge in [-0.25, -0.2) is 31.3 Å². The fraction of sp³-hybridized carbons (Fsp3) is 0.323. The standard InChI is InChI=1S/C31H33F3N4O4SSi/c1-6-24(39)29-21-12-11-20(28(34)31(21)38(36-29)18-42-14-15-44(3,4)5)26-22(32)13-10-19(27(26)33)16-43(40,41)25-9-7-8-23-30(25)35-17-37(23)2/h7-13,17H,6,14-16,18H2,1-5H3. The number of fused-ring (bicyclic) bond motifs is 2. The lowest BCUT2D eigenvalue weighted by atomic mass is 9.99. The first-order valence-electron chi connectivity index (χ1n) is 14.1. The molecule has 5 rings (SSSR count). The van der Waals surface area contributed by atoms with E-state index >= 15 is 13.2 Å². The minimum Gasteiger partial charge on any atom is -0.360 e. The quantitative estimate of drug-likeness (QED) is 0.0885. The van der Waals surface area contributed by atoms with Gasteiger partial charge in [-0.2, -0.15) is 5.10 Å². The SMILES string of the molecule is CCC(=O)c1nn(COCC[Si](C)(C)C)c2c(F)c(-c3c(F)ccc(CS(=O)(=O)c4cccc5c4ncn5C)c3F)ccc12. The lowest BCUT2D eigenvalue weighted by molar-refractivity contribution is 0.0804. The zero-order valence-electron chi connectivity index (χ0n) is 25.1. The van der Waals surface area contributed by atoms with Crippen molar-refractivity contribution in [2.45, 2.75) is 56.4 Å². The molecule has 232 valence electrons. The summed E-state index contributed by atoms with van der Waals surface area (Å²) in [7, 11) is -3.84. The number of Topliss-reactive ketones (excluding diaryl/α,β-unsaturated/α-hetero) is 1. The Balaban J connectivity index is 1.58. The van der Waals surface area contributed by atoms with E-state index in [0.29, 0.717) is 12.1 Å². The number of nitrogens with zero attached hydrogens (tertiary/aromatic N) is 4. The number of ether oxygens (including phenoxy) is 1. The molecule has 0 atom stereocenters. The highest BCUT2D eigenvalue weighted by atomic mass is 32.2. The van der Waals surface area contributed by atoms with Crippen LogP contribution in [0.3, 0.4) is 0 Å². The molecule has 2 aromatic heterocycles. The summed E-state index contributed by atoms with van der Waals surface area (Å²) in [5.74, 6) is -4.41. The first-order valence-corrected chi connectivity index (χ1v) is 19.5. The van der Waals surface area contributed by atoms with E-state index in [2.05, 4.69) is 29.7 Å². The van der Waals surface area contributed by atoms with E-state index in [-0.39, 0.29) is 51.5 Å². The number of para-hydroxylation sites is 1. The van der Waals surface area contributed by atoms with Crippen LogP contribution in [0, 0.1) is 17.5 Å². The third-order valence-electron chi connectivity index (χ3n) is 7.48. The van der Waals surface area contributed by atoms with Crippen LogP contribution in [0.15, 0.2) is 53.7 Å². The molecule has 0 N–H and O–H groups in total. The van der Waals surface area contributed by atoms with E-state index in [4.69, 9.17) is 4.74 Å². The largest absolute Gasteiger partial charge is 0.360 e. The van der Waals surface area contributed by atoms with Gasteiger partial charge in [0.2, 0.25) is 0 Å². The van der Waals surface area contributed by atoms with Crippen molar-refractivity contribution in [2.75, 3.05) is 6.61 Å². The van der Waals surface area contributed by atoms with Crippen molar-refractivity contribution in [1.82, 2.24) is 19.3 Å². The third kappa shape index (κ3) is 5.95. The molecule has 0 aliphatic heterocycles. The summed E-state index contributed by atoms with van der Waals surface area (Å²) in [5.41, 5.74) is -0.784. The summed E-state index contributed by atoms with van der Waals surface area (Å²) in [6.07, 6.45) is 1.60. The van der Waals surface area contributed by atoms with E-state index in [1.165, 1.54) is 29.2 Å². The van der Waals surface area contributed by atoms with Gasteiger partial charge in [0.1, 0.15) is 35.1 Å². The molecule has 8 nitrogen and oxygen atoms in total. The average Bonchev–Trinajstić information content (AvgIpc) is 3.53. The summed E-state index contributed by atoms with van der Waals surface area (Å²) in [6, 6.07) is 10.0. The molecule has 13 heteroatoms. The summed E-state index contributed by atoms with van der Waals surface area (Å²) < 4.78 is 83.0. The Morgan fingerprint density at radius 3 is 2.48 bits per heavy atom. The van der Waals surface area contributed by atoms with Gasteiger partial charge in [-0.15, -0.1) is 0 Å². The van der Waals surface area contributed by atoms with E-state index in [0.717, 1.165) is 18.2 Å². The van der Waals surface area contributed by atoms with Crippen LogP contribution in [0.2, 0.25) is 25.7 Å².